The van der Waals surface area contributed by atoms with Crippen molar-refractivity contribution in [3.63, 3.8) is 0 Å². The van der Waals surface area contributed by atoms with E-state index in [1.54, 1.807) is 24.2 Å². The second kappa shape index (κ2) is 5.92. The van der Waals surface area contributed by atoms with E-state index in [1.165, 1.54) is 7.11 Å². The topological polar surface area (TPSA) is 55.2 Å². The maximum absolute atomic E-state index is 9.88. The summed E-state index contributed by atoms with van der Waals surface area (Å²) in [6.07, 6.45) is 2.48. The van der Waals surface area contributed by atoms with Gasteiger partial charge in [0.1, 0.15) is 11.8 Å². The molecule has 1 aromatic heterocycles. The van der Waals surface area contributed by atoms with Gasteiger partial charge in [0.2, 0.25) is 5.88 Å². The summed E-state index contributed by atoms with van der Waals surface area (Å²) in [4.78, 5) is 8.07. The molecule has 1 aromatic rings. The highest BCUT2D eigenvalue weighted by Crippen LogP contribution is 2.24. The van der Waals surface area contributed by atoms with E-state index in [0.717, 1.165) is 0 Å². The van der Waals surface area contributed by atoms with Gasteiger partial charge in [0, 0.05) is 18.1 Å². The van der Waals surface area contributed by atoms with Crippen LogP contribution in [-0.2, 0) is 0 Å². The fraction of sp³-hybridized carbons (Fsp3) is 0.600. The molecule has 15 heavy (non-hydrogen) atoms. The maximum Gasteiger partial charge on any atom is 0.238 e. The third-order valence-electron chi connectivity index (χ3n) is 1.79. The zero-order valence-corrected chi connectivity index (χ0v) is 9.99. The first-order valence-corrected chi connectivity index (χ1v) is 5.84. The molecule has 1 unspecified atom stereocenters. The van der Waals surface area contributed by atoms with Crippen LogP contribution in [0.5, 0.6) is 5.88 Å². The monoisotopic (exact) mass is 228 g/mol. The second-order valence-corrected chi connectivity index (χ2v) is 4.96. The standard InChI is InChI=1S/C10H16N2O2S/c1-7(2)15-6-8(13)9-10(14-3)12-5-4-11-9/h4-5,7-8,13H,6H2,1-3H3. The Morgan fingerprint density at radius 3 is 2.67 bits per heavy atom. The Kier molecular flexibility index (Phi) is 4.84. The van der Waals surface area contributed by atoms with Crippen molar-refractivity contribution >= 4 is 11.8 Å². The fourth-order valence-corrected chi connectivity index (χ4v) is 1.81. The van der Waals surface area contributed by atoms with Crippen molar-refractivity contribution in [3.8, 4) is 5.88 Å². The molecule has 0 spiro atoms. The predicted molar refractivity (Wildman–Crippen MR) is 61.1 cm³/mol. The molecule has 5 heteroatoms. The number of methoxy groups -OCH3 is 1. The molecular formula is C10H16N2O2S. The van der Waals surface area contributed by atoms with Gasteiger partial charge < -0.3 is 9.84 Å². The number of aliphatic hydroxyl groups is 1. The van der Waals surface area contributed by atoms with Crippen LogP contribution >= 0.6 is 11.8 Å². The van der Waals surface area contributed by atoms with E-state index in [0.29, 0.717) is 22.6 Å². The highest BCUT2D eigenvalue weighted by atomic mass is 32.2. The van der Waals surface area contributed by atoms with Crippen molar-refractivity contribution in [3.05, 3.63) is 18.1 Å². The summed E-state index contributed by atoms with van der Waals surface area (Å²) in [7, 11) is 1.52. The Labute approximate surface area is 94.1 Å². The third kappa shape index (κ3) is 3.68. The Hall–Kier alpha value is -0.810. The maximum atomic E-state index is 9.88. The van der Waals surface area contributed by atoms with Gasteiger partial charge in [0.15, 0.2) is 0 Å². The Balaban J connectivity index is 2.68. The van der Waals surface area contributed by atoms with E-state index in [1.807, 2.05) is 0 Å². The van der Waals surface area contributed by atoms with Crippen molar-refractivity contribution in [1.29, 1.82) is 0 Å². The van der Waals surface area contributed by atoms with Crippen LogP contribution < -0.4 is 4.74 Å². The van der Waals surface area contributed by atoms with E-state index in [-0.39, 0.29) is 0 Å². The molecule has 1 rings (SSSR count). The molecule has 1 N–H and O–H groups in total. The van der Waals surface area contributed by atoms with Gasteiger partial charge in [-0.15, -0.1) is 0 Å². The van der Waals surface area contributed by atoms with Crippen molar-refractivity contribution < 1.29 is 9.84 Å². The summed E-state index contributed by atoms with van der Waals surface area (Å²) in [6, 6.07) is 0. The number of nitrogens with zero attached hydrogens (tertiary/aromatic N) is 2. The quantitative estimate of drug-likeness (QED) is 0.830. The Morgan fingerprint density at radius 2 is 2.07 bits per heavy atom. The van der Waals surface area contributed by atoms with E-state index >= 15 is 0 Å². The summed E-state index contributed by atoms with van der Waals surface area (Å²) in [6.45, 7) is 4.18. The minimum Gasteiger partial charge on any atom is -0.480 e. The minimum absolute atomic E-state index is 0.398. The number of hydrogen-bond donors (Lipinski definition) is 1. The lowest BCUT2D eigenvalue weighted by Crippen LogP contribution is -2.08. The van der Waals surface area contributed by atoms with Gasteiger partial charge in [-0.1, -0.05) is 13.8 Å². The lowest BCUT2D eigenvalue weighted by atomic mass is 10.3. The molecule has 0 aliphatic rings. The van der Waals surface area contributed by atoms with Crippen LogP contribution in [0.2, 0.25) is 0 Å². The number of rotatable bonds is 5. The van der Waals surface area contributed by atoms with Crippen LogP contribution in [0.4, 0.5) is 0 Å². The van der Waals surface area contributed by atoms with Crippen LogP contribution in [-0.4, -0.2) is 33.2 Å². The zero-order valence-electron chi connectivity index (χ0n) is 9.17. The van der Waals surface area contributed by atoms with Crippen LogP contribution in [0.3, 0.4) is 0 Å². The van der Waals surface area contributed by atoms with Crippen LogP contribution in [0, 0.1) is 0 Å². The van der Waals surface area contributed by atoms with Crippen LogP contribution in [0.1, 0.15) is 25.6 Å². The fourth-order valence-electron chi connectivity index (χ4n) is 1.08. The first-order valence-electron chi connectivity index (χ1n) is 4.79. The van der Waals surface area contributed by atoms with Gasteiger partial charge in [-0.3, -0.25) is 4.98 Å². The summed E-state index contributed by atoms with van der Waals surface area (Å²) in [5.74, 6) is 1.00. The first-order chi connectivity index (χ1) is 7.15. The molecule has 1 atom stereocenters. The SMILES string of the molecule is COc1nccnc1C(O)CSC(C)C. The van der Waals surface area contributed by atoms with Crippen LogP contribution in [0.25, 0.3) is 0 Å². The van der Waals surface area contributed by atoms with E-state index in [9.17, 15) is 5.11 Å². The summed E-state index contributed by atoms with van der Waals surface area (Å²) >= 11 is 1.68. The lowest BCUT2D eigenvalue weighted by Gasteiger charge is -2.13. The van der Waals surface area contributed by atoms with Crippen molar-refractivity contribution in [2.75, 3.05) is 12.9 Å². The Bertz CT molecular complexity index is 307. The number of aromatic nitrogens is 2. The largest absolute Gasteiger partial charge is 0.480 e. The minimum atomic E-state index is -0.624. The lowest BCUT2D eigenvalue weighted by molar-refractivity contribution is 0.192. The van der Waals surface area contributed by atoms with E-state index in [2.05, 4.69) is 23.8 Å². The van der Waals surface area contributed by atoms with Crippen molar-refractivity contribution in [1.82, 2.24) is 9.97 Å². The van der Waals surface area contributed by atoms with E-state index < -0.39 is 6.10 Å². The van der Waals surface area contributed by atoms with Gasteiger partial charge in [-0.2, -0.15) is 11.8 Å². The molecule has 0 aliphatic carbocycles. The normalized spacial score (nSPS) is 12.9. The smallest absolute Gasteiger partial charge is 0.238 e. The summed E-state index contributed by atoms with van der Waals surface area (Å²) in [5, 5.41) is 10.4. The van der Waals surface area contributed by atoms with Gasteiger partial charge in [0.25, 0.3) is 0 Å². The number of ether oxygens (including phenoxy) is 1. The molecule has 0 fully saturated rings. The van der Waals surface area contributed by atoms with Gasteiger partial charge in [0.05, 0.1) is 7.11 Å². The van der Waals surface area contributed by atoms with Crippen molar-refractivity contribution in [2.45, 2.75) is 25.2 Å². The second-order valence-electron chi connectivity index (χ2n) is 3.35. The summed E-state index contributed by atoms with van der Waals surface area (Å²) < 4.78 is 5.03. The molecule has 0 aliphatic heterocycles. The predicted octanol–water partition coefficient (Wildman–Crippen LogP) is 1.66. The summed E-state index contributed by atoms with van der Waals surface area (Å²) in [5.41, 5.74) is 0.508. The number of aliphatic hydroxyl groups excluding tert-OH is 1. The molecule has 0 amide bonds. The molecule has 0 radical (unpaired) electrons. The van der Waals surface area contributed by atoms with Crippen molar-refractivity contribution in [2.24, 2.45) is 0 Å². The average molecular weight is 228 g/mol. The zero-order chi connectivity index (χ0) is 11.3. The molecule has 0 saturated heterocycles. The number of thioether (sulfide) groups is 1. The first kappa shape index (κ1) is 12.3. The molecule has 0 saturated carbocycles. The van der Waals surface area contributed by atoms with Gasteiger partial charge in [-0.25, -0.2) is 4.98 Å². The van der Waals surface area contributed by atoms with Gasteiger partial charge >= 0.3 is 0 Å². The molecule has 4 nitrogen and oxygen atoms in total. The molecule has 0 bridgehead atoms. The molecule has 1 heterocycles. The Morgan fingerprint density at radius 1 is 1.40 bits per heavy atom. The molecule has 0 aromatic carbocycles. The highest BCUT2D eigenvalue weighted by Gasteiger charge is 2.16. The molecule has 84 valence electrons. The highest BCUT2D eigenvalue weighted by molar-refractivity contribution is 7.99. The average Bonchev–Trinajstić information content (AvgIpc) is 2.25. The number of hydrogen-bond acceptors (Lipinski definition) is 5. The van der Waals surface area contributed by atoms with Crippen LogP contribution in [0.15, 0.2) is 12.4 Å². The van der Waals surface area contributed by atoms with Gasteiger partial charge in [-0.05, 0) is 5.25 Å². The molecular weight excluding hydrogens is 212 g/mol. The third-order valence-corrected chi connectivity index (χ3v) is 2.96. The van der Waals surface area contributed by atoms with E-state index in [4.69, 9.17) is 4.74 Å².